The van der Waals surface area contributed by atoms with E-state index in [4.69, 9.17) is 4.74 Å². The van der Waals surface area contributed by atoms with Crippen LogP contribution in [0.5, 0.6) is 0 Å². The first kappa shape index (κ1) is 16.0. The number of methoxy groups -OCH3 is 1. The van der Waals surface area contributed by atoms with Crippen molar-refractivity contribution in [3.63, 3.8) is 0 Å². The average Bonchev–Trinajstić information content (AvgIpc) is 2.99. The summed E-state index contributed by atoms with van der Waals surface area (Å²) in [6.45, 7) is 2.70. The molecule has 1 aliphatic heterocycles. The molecular formula is C17H26N2O2. The van der Waals surface area contributed by atoms with Crippen molar-refractivity contribution in [1.29, 1.82) is 0 Å². The van der Waals surface area contributed by atoms with Gasteiger partial charge < -0.3 is 15.0 Å². The zero-order valence-corrected chi connectivity index (χ0v) is 12.9. The maximum atomic E-state index is 12.3. The minimum atomic E-state index is 0.224. The lowest BCUT2D eigenvalue weighted by Crippen LogP contribution is -2.41. The van der Waals surface area contributed by atoms with Gasteiger partial charge in [-0.1, -0.05) is 30.3 Å². The number of hydrogen-bond donors (Lipinski definition) is 1. The summed E-state index contributed by atoms with van der Waals surface area (Å²) in [4.78, 5) is 14.3. The van der Waals surface area contributed by atoms with Crippen LogP contribution in [-0.4, -0.2) is 50.2 Å². The molecule has 0 aromatic heterocycles. The standard InChI is InChI=1S/C17H26N2O2/c1-21-13-11-18-14-17(20)19-12-5-8-16(19)10-9-15-6-3-2-4-7-15/h2-4,6-7,16,18H,5,8-14H2,1H3. The topological polar surface area (TPSA) is 41.6 Å². The van der Waals surface area contributed by atoms with E-state index in [1.54, 1.807) is 7.11 Å². The summed E-state index contributed by atoms with van der Waals surface area (Å²) in [5, 5.41) is 3.14. The van der Waals surface area contributed by atoms with Gasteiger partial charge in [0.25, 0.3) is 0 Å². The number of carbonyl (C=O) groups excluding carboxylic acids is 1. The van der Waals surface area contributed by atoms with Crippen LogP contribution in [0.4, 0.5) is 0 Å². The molecule has 1 aromatic carbocycles. The molecule has 1 saturated heterocycles. The number of benzene rings is 1. The molecule has 1 fully saturated rings. The van der Waals surface area contributed by atoms with E-state index in [1.165, 1.54) is 5.56 Å². The van der Waals surface area contributed by atoms with E-state index < -0.39 is 0 Å². The first-order valence-electron chi connectivity index (χ1n) is 7.84. The number of hydrogen-bond acceptors (Lipinski definition) is 3. The predicted molar refractivity (Wildman–Crippen MR) is 84.2 cm³/mol. The molecule has 0 bridgehead atoms. The van der Waals surface area contributed by atoms with Gasteiger partial charge in [-0.15, -0.1) is 0 Å². The van der Waals surface area contributed by atoms with E-state index in [-0.39, 0.29) is 5.91 Å². The largest absolute Gasteiger partial charge is 0.383 e. The van der Waals surface area contributed by atoms with Gasteiger partial charge in [0.2, 0.25) is 5.91 Å². The normalized spacial score (nSPS) is 18.1. The van der Waals surface area contributed by atoms with Crippen LogP contribution < -0.4 is 5.32 Å². The Hall–Kier alpha value is -1.39. The lowest BCUT2D eigenvalue weighted by molar-refractivity contribution is -0.131. The maximum absolute atomic E-state index is 12.3. The van der Waals surface area contributed by atoms with Crippen molar-refractivity contribution >= 4 is 5.91 Å². The molecular weight excluding hydrogens is 264 g/mol. The summed E-state index contributed by atoms with van der Waals surface area (Å²) in [5.41, 5.74) is 1.36. The number of carbonyl (C=O) groups is 1. The van der Waals surface area contributed by atoms with Gasteiger partial charge in [-0.2, -0.15) is 0 Å². The molecule has 1 amide bonds. The third kappa shape index (κ3) is 5.14. The Balaban J connectivity index is 1.75. The van der Waals surface area contributed by atoms with E-state index in [0.29, 0.717) is 19.2 Å². The van der Waals surface area contributed by atoms with Crippen LogP contribution in [0.25, 0.3) is 0 Å². The van der Waals surface area contributed by atoms with E-state index >= 15 is 0 Å². The number of nitrogens with one attached hydrogen (secondary N) is 1. The fourth-order valence-corrected chi connectivity index (χ4v) is 2.91. The number of ether oxygens (including phenoxy) is 1. The SMILES string of the molecule is COCCNCC(=O)N1CCCC1CCc1ccccc1. The van der Waals surface area contributed by atoms with Crippen LogP contribution in [0, 0.1) is 0 Å². The van der Waals surface area contributed by atoms with Crippen LogP contribution in [0.2, 0.25) is 0 Å². The van der Waals surface area contributed by atoms with Crippen molar-refractivity contribution in [3.8, 4) is 0 Å². The lowest BCUT2D eigenvalue weighted by Gasteiger charge is -2.25. The van der Waals surface area contributed by atoms with Crippen molar-refractivity contribution < 1.29 is 9.53 Å². The summed E-state index contributed by atoms with van der Waals surface area (Å²) in [5.74, 6) is 0.224. The molecule has 0 radical (unpaired) electrons. The van der Waals surface area contributed by atoms with Crippen molar-refractivity contribution in [1.82, 2.24) is 10.2 Å². The third-order valence-corrected chi connectivity index (χ3v) is 4.07. The summed E-state index contributed by atoms with van der Waals surface area (Å²) in [6.07, 6.45) is 4.38. The zero-order valence-electron chi connectivity index (χ0n) is 12.9. The van der Waals surface area contributed by atoms with Crippen LogP contribution in [-0.2, 0) is 16.0 Å². The van der Waals surface area contributed by atoms with E-state index in [9.17, 15) is 4.79 Å². The quantitative estimate of drug-likeness (QED) is 0.743. The predicted octanol–water partition coefficient (Wildman–Crippen LogP) is 1.85. The first-order chi connectivity index (χ1) is 10.3. The number of likely N-dealkylation sites (tertiary alicyclic amines) is 1. The molecule has 116 valence electrons. The van der Waals surface area contributed by atoms with Gasteiger partial charge in [-0.05, 0) is 31.2 Å². The Labute approximate surface area is 127 Å². The summed E-state index contributed by atoms with van der Waals surface area (Å²) in [6, 6.07) is 10.9. The van der Waals surface area contributed by atoms with Gasteiger partial charge >= 0.3 is 0 Å². The fraction of sp³-hybridized carbons (Fsp3) is 0.588. The molecule has 0 spiro atoms. The second kappa shape index (κ2) is 8.80. The number of rotatable bonds is 8. The molecule has 1 aromatic rings. The number of aryl methyl sites for hydroxylation is 1. The highest BCUT2D eigenvalue weighted by Crippen LogP contribution is 2.21. The Kier molecular flexibility index (Phi) is 6.70. The molecule has 0 aliphatic carbocycles. The minimum absolute atomic E-state index is 0.224. The van der Waals surface area contributed by atoms with E-state index in [0.717, 1.165) is 38.8 Å². The van der Waals surface area contributed by atoms with Crippen molar-refractivity contribution in [3.05, 3.63) is 35.9 Å². The Morgan fingerprint density at radius 1 is 1.38 bits per heavy atom. The zero-order chi connectivity index (χ0) is 14.9. The maximum Gasteiger partial charge on any atom is 0.236 e. The fourth-order valence-electron chi connectivity index (χ4n) is 2.91. The Bertz CT molecular complexity index is 422. The average molecular weight is 290 g/mol. The second-order valence-electron chi connectivity index (χ2n) is 5.58. The third-order valence-electron chi connectivity index (χ3n) is 4.07. The molecule has 1 N–H and O–H groups in total. The summed E-state index contributed by atoms with van der Waals surface area (Å²) < 4.78 is 4.97. The van der Waals surface area contributed by atoms with Crippen LogP contribution >= 0.6 is 0 Å². The highest BCUT2D eigenvalue weighted by Gasteiger charge is 2.27. The van der Waals surface area contributed by atoms with Crippen molar-refractivity contribution in [2.75, 3.05) is 33.4 Å². The van der Waals surface area contributed by atoms with Crippen molar-refractivity contribution in [2.24, 2.45) is 0 Å². The van der Waals surface area contributed by atoms with Crippen molar-refractivity contribution in [2.45, 2.75) is 31.7 Å². The highest BCUT2D eigenvalue weighted by atomic mass is 16.5. The molecule has 1 aliphatic rings. The molecule has 1 unspecified atom stereocenters. The van der Waals surface area contributed by atoms with Gasteiger partial charge in [-0.25, -0.2) is 0 Å². The summed E-state index contributed by atoms with van der Waals surface area (Å²) >= 11 is 0. The molecule has 1 heterocycles. The minimum Gasteiger partial charge on any atom is -0.383 e. The van der Waals surface area contributed by atoms with Crippen LogP contribution in [0.1, 0.15) is 24.8 Å². The van der Waals surface area contributed by atoms with Gasteiger partial charge in [0, 0.05) is 26.2 Å². The van der Waals surface area contributed by atoms with E-state index in [1.807, 2.05) is 6.07 Å². The monoisotopic (exact) mass is 290 g/mol. The first-order valence-corrected chi connectivity index (χ1v) is 7.84. The van der Waals surface area contributed by atoms with Crippen LogP contribution in [0.15, 0.2) is 30.3 Å². The lowest BCUT2D eigenvalue weighted by atomic mass is 10.0. The second-order valence-corrected chi connectivity index (χ2v) is 5.58. The molecule has 4 heteroatoms. The molecule has 4 nitrogen and oxygen atoms in total. The Morgan fingerprint density at radius 2 is 2.19 bits per heavy atom. The molecule has 2 rings (SSSR count). The molecule has 1 atom stereocenters. The number of nitrogens with zero attached hydrogens (tertiary/aromatic N) is 1. The smallest absolute Gasteiger partial charge is 0.236 e. The Morgan fingerprint density at radius 3 is 2.95 bits per heavy atom. The summed E-state index contributed by atoms with van der Waals surface area (Å²) in [7, 11) is 1.67. The highest BCUT2D eigenvalue weighted by molar-refractivity contribution is 5.78. The molecule has 0 saturated carbocycles. The van der Waals surface area contributed by atoms with Gasteiger partial charge in [0.05, 0.1) is 13.2 Å². The van der Waals surface area contributed by atoms with Gasteiger partial charge in [-0.3, -0.25) is 4.79 Å². The van der Waals surface area contributed by atoms with Gasteiger partial charge in [0.1, 0.15) is 0 Å². The van der Waals surface area contributed by atoms with Crippen LogP contribution in [0.3, 0.4) is 0 Å². The number of amides is 1. The van der Waals surface area contributed by atoms with E-state index in [2.05, 4.69) is 34.5 Å². The molecule has 21 heavy (non-hydrogen) atoms. The van der Waals surface area contributed by atoms with Gasteiger partial charge in [0.15, 0.2) is 0 Å².